The molecule has 0 saturated carbocycles. The first-order chi connectivity index (χ1) is 13.1. The summed E-state index contributed by atoms with van der Waals surface area (Å²) in [7, 11) is 1.29. The summed E-state index contributed by atoms with van der Waals surface area (Å²) in [4.78, 5) is 40.7. The maximum Gasteiger partial charge on any atom is 0.339 e. The summed E-state index contributed by atoms with van der Waals surface area (Å²) >= 11 is 0. The Balaban J connectivity index is 1.55. The Morgan fingerprint density at radius 2 is 1.96 bits per heavy atom. The van der Waals surface area contributed by atoms with Gasteiger partial charge in [0.1, 0.15) is 0 Å². The second-order valence-corrected chi connectivity index (χ2v) is 6.72. The molecule has 1 aromatic carbocycles. The predicted molar refractivity (Wildman–Crippen MR) is 98.4 cm³/mol. The lowest BCUT2D eigenvalue weighted by atomic mass is 10.1. The molecule has 3 rings (SSSR count). The molecule has 2 saturated heterocycles. The summed E-state index contributed by atoms with van der Waals surface area (Å²) in [5, 5.41) is 2.77. The van der Waals surface area contributed by atoms with Crippen LogP contribution < -0.4 is 5.32 Å². The van der Waals surface area contributed by atoms with Crippen LogP contribution in [0.25, 0.3) is 0 Å². The van der Waals surface area contributed by atoms with Gasteiger partial charge in [-0.15, -0.1) is 0 Å². The van der Waals surface area contributed by atoms with Crippen LogP contribution in [0.5, 0.6) is 0 Å². The summed E-state index contributed by atoms with van der Waals surface area (Å²) < 4.78 is 10.1. The van der Waals surface area contributed by atoms with E-state index in [-0.39, 0.29) is 18.2 Å². The number of amides is 2. The van der Waals surface area contributed by atoms with Gasteiger partial charge in [-0.25, -0.2) is 4.79 Å². The van der Waals surface area contributed by atoms with Gasteiger partial charge in [0.2, 0.25) is 11.8 Å². The van der Waals surface area contributed by atoms with Crippen molar-refractivity contribution in [2.45, 2.75) is 6.42 Å². The number of benzene rings is 1. The average Bonchev–Trinajstić information content (AvgIpc) is 3.08. The number of carbonyl (C=O) groups excluding carboxylic acids is 3. The number of rotatable bonds is 6. The number of hydrogen-bond donors (Lipinski definition) is 1. The molecule has 2 amide bonds. The third-order valence-corrected chi connectivity index (χ3v) is 4.97. The van der Waals surface area contributed by atoms with Crippen molar-refractivity contribution < 1.29 is 23.9 Å². The highest BCUT2D eigenvalue weighted by atomic mass is 16.5. The molecule has 2 aliphatic heterocycles. The molecule has 8 heteroatoms. The number of nitrogens with zero attached hydrogens (tertiary/aromatic N) is 2. The Morgan fingerprint density at radius 1 is 1.22 bits per heavy atom. The van der Waals surface area contributed by atoms with Crippen LogP contribution in [0.2, 0.25) is 0 Å². The molecule has 1 atom stereocenters. The Morgan fingerprint density at radius 3 is 2.70 bits per heavy atom. The number of nitrogens with one attached hydrogen (secondary N) is 1. The van der Waals surface area contributed by atoms with E-state index in [0.29, 0.717) is 24.3 Å². The number of morpholine rings is 1. The second kappa shape index (κ2) is 8.96. The van der Waals surface area contributed by atoms with Crippen molar-refractivity contribution in [2.75, 3.05) is 58.4 Å². The lowest BCUT2D eigenvalue weighted by molar-refractivity contribution is -0.128. The van der Waals surface area contributed by atoms with E-state index in [1.165, 1.54) is 7.11 Å². The van der Waals surface area contributed by atoms with E-state index in [2.05, 4.69) is 10.2 Å². The largest absolute Gasteiger partial charge is 0.465 e. The van der Waals surface area contributed by atoms with Crippen LogP contribution in [-0.4, -0.2) is 80.6 Å². The molecule has 0 radical (unpaired) electrons. The van der Waals surface area contributed by atoms with Crippen molar-refractivity contribution in [3.05, 3.63) is 29.8 Å². The van der Waals surface area contributed by atoms with Crippen molar-refractivity contribution >= 4 is 23.5 Å². The second-order valence-electron chi connectivity index (χ2n) is 6.72. The molecule has 1 aromatic rings. The maximum atomic E-state index is 12.6. The first-order valence-electron chi connectivity index (χ1n) is 9.14. The van der Waals surface area contributed by atoms with Gasteiger partial charge < -0.3 is 19.7 Å². The molecule has 146 valence electrons. The van der Waals surface area contributed by atoms with Gasteiger partial charge in [0, 0.05) is 39.1 Å². The Hall–Kier alpha value is -2.45. The molecule has 8 nitrogen and oxygen atoms in total. The monoisotopic (exact) mass is 375 g/mol. The molecule has 1 N–H and O–H groups in total. The number of ether oxygens (including phenoxy) is 2. The molecule has 2 heterocycles. The lowest BCUT2D eigenvalue weighted by Gasteiger charge is -2.28. The number of esters is 1. The van der Waals surface area contributed by atoms with Crippen molar-refractivity contribution in [1.29, 1.82) is 0 Å². The summed E-state index contributed by atoms with van der Waals surface area (Å²) in [5.74, 6) is -1.20. The van der Waals surface area contributed by atoms with Crippen molar-refractivity contribution in [2.24, 2.45) is 5.92 Å². The molecular formula is C19H25N3O5. The average molecular weight is 375 g/mol. The van der Waals surface area contributed by atoms with Gasteiger partial charge in [0.05, 0.1) is 37.5 Å². The van der Waals surface area contributed by atoms with Crippen molar-refractivity contribution in [3.63, 3.8) is 0 Å². The fraction of sp³-hybridized carbons (Fsp3) is 0.526. The topological polar surface area (TPSA) is 88.2 Å². The molecule has 0 aromatic heterocycles. The van der Waals surface area contributed by atoms with Crippen LogP contribution in [0.1, 0.15) is 16.8 Å². The molecule has 1 unspecified atom stereocenters. The molecule has 27 heavy (non-hydrogen) atoms. The quantitative estimate of drug-likeness (QED) is 0.733. The zero-order valence-electron chi connectivity index (χ0n) is 15.5. The number of anilines is 1. The smallest absolute Gasteiger partial charge is 0.339 e. The normalized spacial score (nSPS) is 20.6. The Labute approximate surface area is 158 Å². The van der Waals surface area contributed by atoms with E-state index < -0.39 is 11.9 Å². The SMILES string of the molecule is COC(=O)c1ccccc1NC(=O)C1CC(=O)N(CCN2CCOCC2)C1. The van der Waals surface area contributed by atoms with Crippen LogP contribution in [0.4, 0.5) is 5.69 Å². The van der Waals surface area contributed by atoms with Crippen LogP contribution in [-0.2, 0) is 19.1 Å². The predicted octanol–water partition coefficient (Wildman–Crippen LogP) is 0.592. The molecular weight excluding hydrogens is 350 g/mol. The summed E-state index contributed by atoms with van der Waals surface area (Å²) in [5.41, 5.74) is 0.690. The maximum absolute atomic E-state index is 12.6. The minimum atomic E-state index is -0.513. The zero-order chi connectivity index (χ0) is 19.2. The summed E-state index contributed by atoms with van der Waals surface area (Å²) in [6.07, 6.45) is 0.190. The number of para-hydroxylation sites is 1. The number of methoxy groups -OCH3 is 1. The summed E-state index contributed by atoms with van der Waals surface area (Å²) in [6, 6.07) is 6.68. The van der Waals surface area contributed by atoms with E-state index in [4.69, 9.17) is 9.47 Å². The van der Waals surface area contributed by atoms with E-state index in [0.717, 1.165) is 32.8 Å². The van der Waals surface area contributed by atoms with Crippen LogP contribution in [0.15, 0.2) is 24.3 Å². The summed E-state index contributed by atoms with van der Waals surface area (Å²) in [6.45, 7) is 4.98. The van der Waals surface area contributed by atoms with Gasteiger partial charge in [-0.3, -0.25) is 14.5 Å². The first kappa shape index (κ1) is 19.3. The third-order valence-electron chi connectivity index (χ3n) is 4.97. The van der Waals surface area contributed by atoms with Gasteiger partial charge in [-0.1, -0.05) is 12.1 Å². The minimum absolute atomic E-state index is 0.00957. The van der Waals surface area contributed by atoms with Crippen LogP contribution >= 0.6 is 0 Å². The molecule has 0 spiro atoms. The van der Waals surface area contributed by atoms with Crippen molar-refractivity contribution in [1.82, 2.24) is 9.80 Å². The molecule has 2 fully saturated rings. The third kappa shape index (κ3) is 4.84. The highest BCUT2D eigenvalue weighted by molar-refractivity contribution is 6.03. The fourth-order valence-electron chi connectivity index (χ4n) is 3.37. The zero-order valence-corrected chi connectivity index (χ0v) is 15.5. The standard InChI is InChI=1S/C19H25N3O5/c1-26-19(25)15-4-2-3-5-16(15)20-18(24)14-12-17(23)22(13-14)7-6-21-8-10-27-11-9-21/h2-5,14H,6-13H2,1H3,(H,20,24). The van der Waals surface area contributed by atoms with E-state index >= 15 is 0 Å². The van der Waals surface area contributed by atoms with Crippen LogP contribution in [0.3, 0.4) is 0 Å². The van der Waals surface area contributed by atoms with Gasteiger partial charge in [-0.2, -0.15) is 0 Å². The van der Waals surface area contributed by atoms with Gasteiger partial charge >= 0.3 is 5.97 Å². The highest BCUT2D eigenvalue weighted by Gasteiger charge is 2.34. The molecule has 0 aliphatic carbocycles. The Bertz CT molecular complexity index is 702. The van der Waals surface area contributed by atoms with Crippen LogP contribution in [0, 0.1) is 5.92 Å². The molecule has 2 aliphatic rings. The van der Waals surface area contributed by atoms with Crippen molar-refractivity contribution in [3.8, 4) is 0 Å². The Kier molecular flexibility index (Phi) is 6.41. The number of hydrogen-bond acceptors (Lipinski definition) is 6. The number of carbonyl (C=O) groups is 3. The van der Waals surface area contributed by atoms with Gasteiger partial charge in [0.25, 0.3) is 0 Å². The van der Waals surface area contributed by atoms with E-state index in [9.17, 15) is 14.4 Å². The van der Waals surface area contributed by atoms with E-state index in [1.807, 2.05) is 0 Å². The van der Waals surface area contributed by atoms with Gasteiger partial charge in [-0.05, 0) is 12.1 Å². The number of likely N-dealkylation sites (tertiary alicyclic amines) is 1. The molecule has 0 bridgehead atoms. The van der Waals surface area contributed by atoms with E-state index in [1.54, 1.807) is 29.2 Å². The first-order valence-corrected chi connectivity index (χ1v) is 9.14. The van der Waals surface area contributed by atoms with Gasteiger partial charge in [0.15, 0.2) is 0 Å². The fourth-order valence-corrected chi connectivity index (χ4v) is 3.37. The lowest BCUT2D eigenvalue weighted by Crippen LogP contribution is -2.42. The highest BCUT2D eigenvalue weighted by Crippen LogP contribution is 2.22. The minimum Gasteiger partial charge on any atom is -0.465 e.